The Balaban J connectivity index is 2.05. The molecule has 1 aliphatic heterocycles. The first kappa shape index (κ1) is 9.05. The van der Waals surface area contributed by atoms with Gasteiger partial charge in [-0.2, -0.15) is 0 Å². The summed E-state index contributed by atoms with van der Waals surface area (Å²) < 4.78 is 0. The third kappa shape index (κ3) is 2.82. The fourth-order valence-corrected chi connectivity index (χ4v) is 1.90. The van der Waals surface area contributed by atoms with Crippen molar-refractivity contribution in [1.29, 1.82) is 0 Å². The second-order valence-corrected chi connectivity index (χ2v) is 3.82. The molecule has 2 atom stereocenters. The van der Waals surface area contributed by atoms with Crippen LogP contribution in [-0.4, -0.2) is 12.6 Å². The summed E-state index contributed by atoms with van der Waals surface area (Å²) in [5, 5.41) is 3.57. The quantitative estimate of drug-likeness (QED) is 0.615. The van der Waals surface area contributed by atoms with Gasteiger partial charge < -0.3 is 5.32 Å². The Morgan fingerprint density at radius 3 is 2.73 bits per heavy atom. The van der Waals surface area contributed by atoms with Gasteiger partial charge in [0.25, 0.3) is 0 Å². The number of hydrogen-bond acceptors (Lipinski definition) is 1. The minimum Gasteiger partial charge on any atom is -0.314 e. The molecule has 1 heterocycles. The van der Waals surface area contributed by atoms with Crippen molar-refractivity contribution in [2.75, 3.05) is 6.54 Å². The van der Waals surface area contributed by atoms with Crippen LogP contribution >= 0.6 is 0 Å². The highest BCUT2D eigenvalue weighted by molar-refractivity contribution is 4.80. The molecule has 0 aromatic carbocycles. The third-order valence-electron chi connectivity index (χ3n) is 2.81. The standard InChI is InChI=1S/C10H21N/c1-3-4-5-6-10-9(2)7-8-11-10/h9-11H,3-8H2,1-2H3/t9-,10?/m1/s1. The van der Waals surface area contributed by atoms with Crippen molar-refractivity contribution in [3.8, 4) is 0 Å². The molecule has 0 saturated carbocycles. The fourth-order valence-electron chi connectivity index (χ4n) is 1.90. The molecule has 1 heteroatoms. The van der Waals surface area contributed by atoms with Crippen molar-refractivity contribution < 1.29 is 0 Å². The highest BCUT2D eigenvalue weighted by atomic mass is 14.9. The van der Waals surface area contributed by atoms with E-state index in [0.717, 1.165) is 12.0 Å². The molecule has 0 aromatic heterocycles. The second kappa shape index (κ2) is 4.76. The molecule has 1 unspecified atom stereocenters. The van der Waals surface area contributed by atoms with Crippen molar-refractivity contribution in [1.82, 2.24) is 5.32 Å². The maximum atomic E-state index is 3.57. The maximum Gasteiger partial charge on any atom is 0.00931 e. The van der Waals surface area contributed by atoms with Gasteiger partial charge in [-0.05, 0) is 25.3 Å². The van der Waals surface area contributed by atoms with E-state index in [0.29, 0.717) is 0 Å². The highest BCUT2D eigenvalue weighted by Gasteiger charge is 2.21. The summed E-state index contributed by atoms with van der Waals surface area (Å²) in [6, 6.07) is 0.835. The molecule has 1 N–H and O–H groups in total. The van der Waals surface area contributed by atoms with Gasteiger partial charge in [-0.25, -0.2) is 0 Å². The Bertz CT molecular complexity index is 101. The average Bonchev–Trinajstić information content (AvgIpc) is 2.37. The zero-order chi connectivity index (χ0) is 8.10. The predicted molar refractivity (Wildman–Crippen MR) is 49.7 cm³/mol. The topological polar surface area (TPSA) is 12.0 Å². The lowest BCUT2D eigenvalue weighted by atomic mass is 9.98. The van der Waals surface area contributed by atoms with Crippen molar-refractivity contribution in [3.05, 3.63) is 0 Å². The number of nitrogens with one attached hydrogen (secondary N) is 1. The molecular weight excluding hydrogens is 134 g/mol. The lowest BCUT2D eigenvalue weighted by Crippen LogP contribution is -2.25. The molecule has 1 rings (SSSR count). The Kier molecular flexibility index (Phi) is 3.92. The number of unbranched alkanes of at least 4 members (excludes halogenated alkanes) is 2. The zero-order valence-corrected chi connectivity index (χ0v) is 7.90. The van der Waals surface area contributed by atoms with Gasteiger partial charge in [0.1, 0.15) is 0 Å². The van der Waals surface area contributed by atoms with E-state index in [4.69, 9.17) is 0 Å². The predicted octanol–water partition coefficient (Wildman–Crippen LogP) is 2.56. The molecule has 0 amide bonds. The van der Waals surface area contributed by atoms with Crippen LogP contribution in [0.4, 0.5) is 0 Å². The van der Waals surface area contributed by atoms with Gasteiger partial charge in [-0.3, -0.25) is 0 Å². The van der Waals surface area contributed by atoms with Crippen LogP contribution < -0.4 is 5.32 Å². The monoisotopic (exact) mass is 155 g/mol. The molecule has 1 fully saturated rings. The summed E-state index contributed by atoms with van der Waals surface area (Å²) in [6.07, 6.45) is 6.95. The minimum absolute atomic E-state index is 0.835. The first-order chi connectivity index (χ1) is 5.34. The normalized spacial score (nSPS) is 31.1. The van der Waals surface area contributed by atoms with Crippen LogP contribution in [0.1, 0.15) is 46.0 Å². The Morgan fingerprint density at radius 2 is 2.18 bits per heavy atom. The van der Waals surface area contributed by atoms with Crippen molar-refractivity contribution in [3.63, 3.8) is 0 Å². The molecule has 11 heavy (non-hydrogen) atoms. The van der Waals surface area contributed by atoms with E-state index in [1.807, 2.05) is 0 Å². The largest absolute Gasteiger partial charge is 0.314 e. The smallest absolute Gasteiger partial charge is 0.00931 e. The summed E-state index contributed by atoms with van der Waals surface area (Å²) in [5.41, 5.74) is 0. The van der Waals surface area contributed by atoms with Gasteiger partial charge in [0.05, 0.1) is 0 Å². The highest BCUT2D eigenvalue weighted by Crippen LogP contribution is 2.19. The van der Waals surface area contributed by atoms with Gasteiger partial charge in [0.2, 0.25) is 0 Å². The molecule has 0 aromatic rings. The van der Waals surface area contributed by atoms with Gasteiger partial charge in [-0.1, -0.05) is 33.1 Å². The first-order valence-electron chi connectivity index (χ1n) is 5.08. The molecule has 1 aliphatic rings. The molecular formula is C10H21N. The summed E-state index contributed by atoms with van der Waals surface area (Å²) in [5.74, 6) is 0.923. The second-order valence-electron chi connectivity index (χ2n) is 3.82. The van der Waals surface area contributed by atoms with Crippen LogP contribution in [0.5, 0.6) is 0 Å². The van der Waals surface area contributed by atoms with Gasteiger partial charge in [0.15, 0.2) is 0 Å². The summed E-state index contributed by atoms with van der Waals surface area (Å²) in [7, 11) is 0. The van der Waals surface area contributed by atoms with Gasteiger partial charge in [-0.15, -0.1) is 0 Å². The maximum absolute atomic E-state index is 3.57. The number of rotatable bonds is 4. The molecule has 0 radical (unpaired) electrons. The SMILES string of the molecule is CCCCCC1NCC[C@H]1C. The van der Waals surface area contributed by atoms with E-state index in [9.17, 15) is 0 Å². The van der Waals surface area contributed by atoms with Gasteiger partial charge >= 0.3 is 0 Å². The summed E-state index contributed by atoms with van der Waals surface area (Å²) in [4.78, 5) is 0. The molecule has 1 saturated heterocycles. The fraction of sp³-hybridized carbons (Fsp3) is 1.00. The third-order valence-corrected chi connectivity index (χ3v) is 2.81. The average molecular weight is 155 g/mol. The van der Waals surface area contributed by atoms with E-state index < -0.39 is 0 Å². The number of hydrogen-bond donors (Lipinski definition) is 1. The van der Waals surface area contributed by atoms with Crippen molar-refractivity contribution in [2.45, 2.75) is 52.0 Å². The van der Waals surface area contributed by atoms with Crippen molar-refractivity contribution >= 4 is 0 Å². The Labute approximate surface area is 70.6 Å². The van der Waals surface area contributed by atoms with E-state index in [1.54, 1.807) is 0 Å². The summed E-state index contributed by atoms with van der Waals surface area (Å²) in [6.45, 7) is 5.89. The van der Waals surface area contributed by atoms with E-state index in [1.165, 1.54) is 38.6 Å². The zero-order valence-electron chi connectivity index (χ0n) is 7.90. The van der Waals surface area contributed by atoms with Crippen LogP contribution in [-0.2, 0) is 0 Å². The van der Waals surface area contributed by atoms with E-state index in [-0.39, 0.29) is 0 Å². The lowest BCUT2D eigenvalue weighted by Gasteiger charge is -2.14. The van der Waals surface area contributed by atoms with Gasteiger partial charge in [0, 0.05) is 6.04 Å². The molecule has 0 spiro atoms. The van der Waals surface area contributed by atoms with Crippen LogP contribution in [0, 0.1) is 5.92 Å². The molecule has 0 bridgehead atoms. The van der Waals surface area contributed by atoms with Crippen LogP contribution in [0.25, 0.3) is 0 Å². The van der Waals surface area contributed by atoms with E-state index >= 15 is 0 Å². The molecule has 66 valence electrons. The van der Waals surface area contributed by atoms with Crippen LogP contribution in [0.15, 0.2) is 0 Å². The van der Waals surface area contributed by atoms with Crippen LogP contribution in [0.2, 0.25) is 0 Å². The summed E-state index contributed by atoms with van der Waals surface area (Å²) >= 11 is 0. The lowest BCUT2D eigenvalue weighted by molar-refractivity contribution is 0.434. The van der Waals surface area contributed by atoms with E-state index in [2.05, 4.69) is 19.2 Å². The Hall–Kier alpha value is -0.0400. The minimum atomic E-state index is 0.835. The van der Waals surface area contributed by atoms with Crippen LogP contribution in [0.3, 0.4) is 0 Å². The van der Waals surface area contributed by atoms with Crippen molar-refractivity contribution in [2.24, 2.45) is 5.92 Å². The Morgan fingerprint density at radius 1 is 1.36 bits per heavy atom. The molecule has 0 aliphatic carbocycles. The molecule has 1 nitrogen and oxygen atoms in total. The first-order valence-corrected chi connectivity index (χ1v) is 5.08.